The van der Waals surface area contributed by atoms with Crippen LogP contribution in [0.1, 0.15) is 27.2 Å². The summed E-state index contributed by atoms with van der Waals surface area (Å²) in [5.41, 5.74) is -0.153. The Balaban J connectivity index is 1.80. The number of rotatable bonds is 3. The van der Waals surface area contributed by atoms with Gasteiger partial charge in [-0.15, -0.1) is 0 Å². The molecule has 0 atom stereocenters. The molecule has 2 rings (SSSR count). The monoisotopic (exact) mass is 296 g/mol. The van der Waals surface area contributed by atoms with Gasteiger partial charge in [-0.05, 0) is 27.2 Å². The fraction of sp³-hybridized carbons (Fsp3) is 0.733. The van der Waals surface area contributed by atoms with Gasteiger partial charge in [0.2, 0.25) is 0 Å². The third kappa shape index (κ3) is 3.75. The quantitative estimate of drug-likeness (QED) is 0.801. The maximum atomic E-state index is 12.0. The van der Waals surface area contributed by atoms with Crippen molar-refractivity contribution >= 4 is 12.1 Å². The smallest absolute Gasteiger partial charge is 0.410 e. The summed E-state index contributed by atoms with van der Waals surface area (Å²) in [4.78, 5) is 26.6. The van der Waals surface area contributed by atoms with Crippen LogP contribution in [0, 0.1) is 5.41 Å². The number of hydrogen-bond donors (Lipinski definition) is 1. The highest BCUT2D eigenvalue weighted by Gasteiger charge is 2.49. The molecule has 21 heavy (non-hydrogen) atoms. The number of amides is 1. The first-order chi connectivity index (χ1) is 9.60. The Labute approximate surface area is 125 Å². The van der Waals surface area contributed by atoms with Crippen LogP contribution >= 0.6 is 0 Å². The van der Waals surface area contributed by atoms with E-state index in [2.05, 4.69) is 11.5 Å². The van der Waals surface area contributed by atoms with Gasteiger partial charge in [-0.25, -0.2) is 9.59 Å². The van der Waals surface area contributed by atoms with Gasteiger partial charge < -0.3 is 14.7 Å². The lowest BCUT2D eigenvalue weighted by atomic mass is 9.79. The molecule has 0 aromatic heterocycles. The molecular formula is C15H24N2O4. The van der Waals surface area contributed by atoms with E-state index in [9.17, 15) is 9.59 Å². The lowest BCUT2D eigenvalue weighted by Crippen LogP contribution is -2.58. The predicted molar refractivity (Wildman–Crippen MR) is 78.1 cm³/mol. The highest BCUT2D eigenvalue weighted by molar-refractivity contribution is 5.86. The molecule has 118 valence electrons. The first-order valence-electron chi connectivity index (χ1n) is 7.22. The maximum absolute atomic E-state index is 12.0. The van der Waals surface area contributed by atoms with E-state index in [4.69, 9.17) is 9.84 Å². The lowest BCUT2D eigenvalue weighted by Gasteiger charge is -2.48. The van der Waals surface area contributed by atoms with Crippen molar-refractivity contribution in [1.82, 2.24) is 9.80 Å². The Morgan fingerprint density at radius 1 is 1.29 bits per heavy atom. The van der Waals surface area contributed by atoms with Crippen LogP contribution in [0.25, 0.3) is 0 Å². The molecule has 1 spiro atoms. The van der Waals surface area contributed by atoms with Crippen LogP contribution in [0.4, 0.5) is 4.79 Å². The van der Waals surface area contributed by atoms with E-state index < -0.39 is 11.6 Å². The topological polar surface area (TPSA) is 70.1 Å². The molecule has 0 radical (unpaired) electrons. The lowest BCUT2D eigenvalue weighted by molar-refractivity contribution is -0.133. The zero-order valence-corrected chi connectivity index (χ0v) is 13.0. The number of likely N-dealkylation sites (tertiary alicyclic amines) is 2. The fourth-order valence-corrected chi connectivity index (χ4v) is 3.03. The summed E-state index contributed by atoms with van der Waals surface area (Å²) in [6.07, 6.45) is 0.690. The Kier molecular flexibility index (Phi) is 4.02. The molecule has 2 aliphatic rings. The molecule has 6 heteroatoms. The Morgan fingerprint density at radius 3 is 2.43 bits per heavy atom. The van der Waals surface area contributed by atoms with Gasteiger partial charge in [-0.2, -0.15) is 0 Å². The largest absolute Gasteiger partial charge is 0.478 e. The SMILES string of the molecule is C=C(CN1CC2(CCN(C(=O)OC(C)(C)C)C2)C1)C(=O)O. The van der Waals surface area contributed by atoms with Crippen molar-refractivity contribution < 1.29 is 19.4 Å². The molecule has 2 fully saturated rings. The molecule has 2 heterocycles. The van der Waals surface area contributed by atoms with Gasteiger partial charge in [0.05, 0.1) is 0 Å². The van der Waals surface area contributed by atoms with Crippen LogP contribution in [0.3, 0.4) is 0 Å². The van der Waals surface area contributed by atoms with Crippen LogP contribution in [0.15, 0.2) is 12.2 Å². The van der Waals surface area contributed by atoms with Crippen molar-refractivity contribution in [3.8, 4) is 0 Å². The Morgan fingerprint density at radius 2 is 1.90 bits per heavy atom. The van der Waals surface area contributed by atoms with E-state index in [-0.39, 0.29) is 17.1 Å². The van der Waals surface area contributed by atoms with E-state index in [0.29, 0.717) is 19.6 Å². The molecule has 2 aliphatic heterocycles. The number of nitrogens with zero attached hydrogens (tertiary/aromatic N) is 2. The maximum Gasteiger partial charge on any atom is 0.410 e. The number of aliphatic carboxylic acids is 1. The molecule has 1 N–H and O–H groups in total. The first-order valence-corrected chi connectivity index (χ1v) is 7.22. The summed E-state index contributed by atoms with van der Waals surface area (Å²) in [6.45, 7) is 12.6. The summed E-state index contributed by atoms with van der Waals surface area (Å²) >= 11 is 0. The average molecular weight is 296 g/mol. The minimum Gasteiger partial charge on any atom is -0.478 e. The van der Waals surface area contributed by atoms with Crippen LogP contribution in [0.2, 0.25) is 0 Å². The van der Waals surface area contributed by atoms with Crippen LogP contribution in [-0.2, 0) is 9.53 Å². The van der Waals surface area contributed by atoms with E-state index in [1.165, 1.54) is 0 Å². The van der Waals surface area contributed by atoms with Gasteiger partial charge in [0.1, 0.15) is 5.60 Å². The zero-order chi connectivity index (χ0) is 15.8. The van der Waals surface area contributed by atoms with Crippen molar-refractivity contribution in [2.24, 2.45) is 5.41 Å². The van der Waals surface area contributed by atoms with Crippen molar-refractivity contribution in [1.29, 1.82) is 0 Å². The molecule has 0 bridgehead atoms. The molecule has 0 aliphatic carbocycles. The fourth-order valence-electron chi connectivity index (χ4n) is 3.03. The van der Waals surface area contributed by atoms with Crippen molar-refractivity contribution in [3.05, 3.63) is 12.2 Å². The highest BCUT2D eigenvalue weighted by atomic mass is 16.6. The molecule has 0 saturated carbocycles. The average Bonchev–Trinajstić information content (AvgIpc) is 2.71. The minimum absolute atomic E-state index is 0.107. The normalized spacial score (nSPS) is 21.2. The van der Waals surface area contributed by atoms with Gasteiger partial charge in [-0.3, -0.25) is 4.90 Å². The van der Waals surface area contributed by atoms with Gasteiger partial charge in [-0.1, -0.05) is 6.58 Å². The number of hydrogen-bond acceptors (Lipinski definition) is 4. The summed E-state index contributed by atoms with van der Waals surface area (Å²) in [5, 5.41) is 8.83. The second-order valence-electron chi connectivity index (χ2n) is 7.21. The van der Waals surface area contributed by atoms with Gasteiger partial charge in [0.15, 0.2) is 0 Å². The summed E-state index contributed by atoms with van der Waals surface area (Å²) < 4.78 is 5.39. The second-order valence-corrected chi connectivity index (χ2v) is 7.21. The van der Waals surface area contributed by atoms with E-state index in [1.807, 2.05) is 20.8 Å². The first kappa shape index (κ1) is 15.8. The Hall–Kier alpha value is -1.56. The predicted octanol–water partition coefficient (Wildman–Crippen LogP) is 1.57. The number of carbonyl (C=O) groups is 2. The number of ether oxygens (including phenoxy) is 1. The van der Waals surface area contributed by atoms with Crippen LogP contribution in [-0.4, -0.2) is 65.3 Å². The van der Waals surface area contributed by atoms with E-state index in [1.54, 1.807) is 4.90 Å². The summed E-state index contributed by atoms with van der Waals surface area (Å²) in [5.74, 6) is -0.947. The number of carbonyl (C=O) groups excluding carboxylic acids is 1. The van der Waals surface area contributed by atoms with Gasteiger partial charge in [0, 0.05) is 43.7 Å². The number of carboxylic acids is 1. The molecule has 1 amide bonds. The highest BCUT2D eigenvalue weighted by Crippen LogP contribution is 2.40. The molecule has 6 nitrogen and oxygen atoms in total. The van der Waals surface area contributed by atoms with Crippen molar-refractivity contribution in [3.63, 3.8) is 0 Å². The standard InChI is InChI=1S/C15H24N2O4/c1-11(12(18)19)7-16-8-15(9-16)5-6-17(10-15)13(20)21-14(2,3)4/h1,5-10H2,2-4H3,(H,18,19). The third-order valence-electron chi connectivity index (χ3n) is 3.92. The van der Waals surface area contributed by atoms with Crippen molar-refractivity contribution in [2.75, 3.05) is 32.7 Å². The van der Waals surface area contributed by atoms with E-state index in [0.717, 1.165) is 19.5 Å². The van der Waals surface area contributed by atoms with Gasteiger partial charge >= 0.3 is 12.1 Å². The minimum atomic E-state index is -0.947. The molecular weight excluding hydrogens is 272 g/mol. The molecule has 0 unspecified atom stereocenters. The molecule has 2 saturated heterocycles. The second kappa shape index (κ2) is 5.33. The zero-order valence-electron chi connectivity index (χ0n) is 13.0. The molecule has 0 aromatic carbocycles. The van der Waals surface area contributed by atoms with Crippen molar-refractivity contribution in [2.45, 2.75) is 32.8 Å². The van der Waals surface area contributed by atoms with Crippen LogP contribution in [0.5, 0.6) is 0 Å². The van der Waals surface area contributed by atoms with Crippen LogP contribution < -0.4 is 0 Å². The Bertz CT molecular complexity index is 461. The number of carboxylic acid groups (broad SMARTS) is 1. The summed E-state index contributed by atoms with van der Waals surface area (Å²) in [6, 6.07) is 0. The van der Waals surface area contributed by atoms with E-state index >= 15 is 0 Å². The van der Waals surface area contributed by atoms with Gasteiger partial charge in [0.25, 0.3) is 0 Å². The third-order valence-corrected chi connectivity index (χ3v) is 3.92. The summed E-state index contributed by atoms with van der Waals surface area (Å²) in [7, 11) is 0. The molecule has 0 aromatic rings.